The number of hydrogen-bond donors (Lipinski definition) is 1. The normalized spacial score (nSPS) is 11.0. The molecule has 0 amide bonds. The maximum atomic E-state index is 12.1. The summed E-state index contributed by atoms with van der Waals surface area (Å²) in [5.74, 6) is 0. The SMILES string of the molecule is CCc1cccc(CC)c1N=Cc1ccc[c-]1C(O)(c1ccccc1)c1ccccc1.[Fe+2].c1cc[cH-]c1. The quantitative estimate of drug-likeness (QED) is 0.130. The summed E-state index contributed by atoms with van der Waals surface area (Å²) < 4.78 is 0. The zero-order valence-corrected chi connectivity index (χ0v) is 22.5. The number of nitrogens with zero attached hydrogens (tertiary/aromatic N) is 1. The first-order valence-electron chi connectivity index (χ1n) is 12.6. The van der Waals surface area contributed by atoms with Crippen LogP contribution in [0.2, 0.25) is 0 Å². The summed E-state index contributed by atoms with van der Waals surface area (Å²) in [7, 11) is 0. The van der Waals surface area contributed by atoms with Crippen LogP contribution in [-0.2, 0) is 35.5 Å². The van der Waals surface area contributed by atoms with Gasteiger partial charge in [0.2, 0.25) is 0 Å². The number of rotatable bonds is 7. The van der Waals surface area contributed by atoms with Crippen molar-refractivity contribution in [1.82, 2.24) is 0 Å². The van der Waals surface area contributed by atoms with Gasteiger partial charge in [-0.25, -0.2) is 12.1 Å². The van der Waals surface area contributed by atoms with Gasteiger partial charge in [0.1, 0.15) is 5.60 Å². The smallest absolute Gasteiger partial charge is 0.385 e. The first-order valence-corrected chi connectivity index (χ1v) is 12.6. The molecule has 5 aromatic carbocycles. The minimum Gasteiger partial charge on any atom is -0.385 e. The van der Waals surface area contributed by atoms with E-state index in [2.05, 4.69) is 32.0 Å². The molecule has 0 radical (unpaired) electrons. The molecular formula is C34H33FeNO. The van der Waals surface area contributed by atoms with Crippen LogP contribution in [0, 0.1) is 0 Å². The largest absolute Gasteiger partial charge is 2.00 e. The Bertz CT molecular complexity index is 1270. The van der Waals surface area contributed by atoms with Crippen molar-refractivity contribution in [2.45, 2.75) is 32.3 Å². The first-order chi connectivity index (χ1) is 17.7. The van der Waals surface area contributed by atoms with Crippen LogP contribution in [0.5, 0.6) is 0 Å². The number of para-hydroxylation sites is 1. The van der Waals surface area contributed by atoms with Gasteiger partial charge in [0.25, 0.3) is 0 Å². The summed E-state index contributed by atoms with van der Waals surface area (Å²) in [6, 6.07) is 42.1. The molecule has 37 heavy (non-hydrogen) atoms. The van der Waals surface area contributed by atoms with Crippen LogP contribution in [0.25, 0.3) is 0 Å². The van der Waals surface area contributed by atoms with Crippen molar-refractivity contribution in [3.05, 3.63) is 161 Å². The monoisotopic (exact) mass is 527 g/mol. The summed E-state index contributed by atoms with van der Waals surface area (Å²) in [5, 5.41) is 12.1. The zero-order valence-electron chi connectivity index (χ0n) is 21.4. The van der Waals surface area contributed by atoms with Gasteiger partial charge in [-0.1, -0.05) is 98.3 Å². The molecule has 2 nitrogen and oxygen atoms in total. The molecule has 1 N–H and O–H groups in total. The summed E-state index contributed by atoms with van der Waals surface area (Å²) in [6.07, 6.45) is 3.78. The third kappa shape index (κ3) is 6.45. The molecule has 0 aliphatic heterocycles. The first kappa shape index (κ1) is 28.1. The Hall–Kier alpha value is -3.49. The van der Waals surface area contributed by atoms with E-state index >= 15 is 0 Å². The van der Waals surface area contributed by atoms with E-state index in [0.29, 0.717) is 0 Å². The van der Waals surface area contributed by atoms with Gasteiger partial charge in [-0.15, -0.1) is 11.6 Å². The molecule has 0 saturated carbocycles. The van der Waals surface area contributed by atoms with Crippen molar-refractivity contribution in [1.29, 1.82) is 0 Å². The summed E-state index contributed by atoms with van der Waals surface area (Å²) >= 11 is 0. The van der Waals surface area contributed by atoms with Crippen LogP contribution < -0.4 is 0 Å². The van der Waals surface area contributed by atoms with Crippen molar-refractivity contribution < 1.29 is 22.2 Å². The second kappa shape index (κ2) is 13.7. The van der Waals surface area contributed by atoms with Gasteiger partial charge in [0.05, 0.1) is 5.69 Å². The molecule has 0 atom stereocenters. The second-order valence-electron chi connectivity index (χ2n) is 8.69. The molecule has 3 heteroatoms. The van der Waals surface area contributed by atoms with Gasteiger partial charge >= 0.3 is 17.1 Å². The van der Waals surface area contributed by atoms with Crippen molar-refractivity contribution in [3.8, 4) is 0 Å². The van der Waals surface area contributed by atoms with Gasteiger partial charge in [0, 0.05) is 0 Å². The number of hydrogen-bond acceptors (Lipinski definition) is 2. The predicted molar refractivity (Wildman–Crippen MR) is 152 cm³/mol. The Balaban J connectivity index is 0.000000568. The zero-order chi connectivity index (χ0) is 25.2. The molecule has 0 heterocycles. The maximum absolute atomic E-state index is 12.1. The van der Waals surface area contributed by atoms with E-state index in [1.54, 1.807) is 0 Å². The Kier molecular flexibility index (Phi) is 10.4. The Labute approximate surface area is 231 Å². The van der Waals surface area contributed by atoms with E-state index < -0.39 is 5.60 Å². The van der Waals surface area contributed by atoms with Crippen molar-refractivity contribution in [2.75, 3.05) is 0 Å². The van der Waals surface area contributed by atoms with Gasteiger partial charge in [-0.05, 0) is 41.3 Å². The van der Waals surface area contributed by atoms with Crippen molar-refractivity contribution in [3.63, 3.8) is 0 Å². The third-order valence-electron chi connectivity index (χ3n) is 6.48. The van der Waals surface area contributed by atoms with Gasteiger partial charge < -0.3 is 10.1 Å². The van der Waals surface area contributed by atoms with E-state index in [9.17, 15) is 5.11 Å². The molecule has 0 aromatic heterocycles. The fourth-order valence-corrected chi connectivity index (χ4v) is 4.55. The Morgan fingerprint density at radius 3 is 1.73 bits per heavy atom. The van der Waals surface area contributed by atoms with E-state index in [1.165, 1.54) is 11.1 Å². The Morgan fingerprint density at radius 1 is 0.730 bits per heavy atom. The molecule has 0 fully saturated rings. The van der Waals surface area contributed by atoms with Gasteiger partial charge in [-0.2, -0.15) is 30.3 Å². The van der Waals surface area contributed by atoms with Crippen LogP contribution in [0.4, 0.5) is 5.69 Å². The number of benzene rings is 3. The minimum absolute atomic E-state index is 0. The standard InChI is InChI=1S/C29H28NO.C5H5.Fe/c1-3-22-13-11-14-23(4-2)28(22)30-21-24-15-12-20-27(24)29(31,25-16-7-5-8-17-25)26-18-9-6-10-19-26;1-2-4-5-3-1;/h5-21,31H,3-4H2,1-2H3;1-5H;/q2*-1;+2. The van der Waals surface area contributed by atoms with Gasteiger partial charge in [-0.3, -0.25) is 0 Å². The van der Waals surface area contributed by atoms with Crippen molar-refractivity contribution >= 4 is 11.9 Å². The second-order valence-corrected chi connectivity index (χ2v) is 8.69. The molecule has 0 saturated heterocycles. The van der Waals surface area contributed by atoms with Gasteiger partial charge in [0.15, 0.2) is 0 Å². The van der Waals surface area contributed by atoms with Crippen molar-refractivity contribution in [2.24, 2.45) is 4.99 Å². The molecule has 0 aliphatic rings. The molecule has 0 bridgehead atoms. The van der Waals surface area contributed by atoms with Crippen LogP contribution in [0.1, 0.15) is 47.2 Å². The van der Waals surface area contributed by atoms with Crippen LogP contribution in [0.15, 0.2) is 132 Å². The summed E-state index contributed by atoms with van der Waals surface area (Å²) in [5.41, 5.74) is 5.70. The molecular weight excluding hydrogens is 494 g/mol. The summed E-state index contributed by atoms with van der Waals surface area (Å²) in [6.45, 7) is 4.32. The fourth-order valence-electron chi connectivity index (χ4n) is 4.55. The molecule has 5 aromatic rings. The molecule has 0 spiro atoms. The van der Waals surface area contributed by atoms with E-state index in [0.717, 1.165) is 40.8 Å². The van der Waals surface area contributed by atoms with E-state index in [-0.39, 0.29) is 17.1 Å². The Morgan fingerprint density at radius 2 is 1.27 bits per heavy atom. The number of aryl methyl sites for hydroxylation is 2. The average Bonchev–Trinajstić information content (AvgIpc) is 3.68. The van der Waals surface area contributed by atoms with Crippen LogP contribution in [-0.4, -0.2) is 11.3 Å². The molecule has 188 valence electrons. The predicted octanol–water partition coefficient (Wildman–Crippen LogP) is 7.97. The summed E-state index contributed by atoms with van der Waals surface area (Å²) in [4.78, 5) is 4.92. The van der Waals surface area contributed by atoms with E-state index in [1.807, 2.05) is 115 Å². The molecule has 0 unspecified atom stereocenters. The topological polar surface area (TPSA) is 32.6 Å². The number of aliphatic hydroxyl groups is 1. The van der Waals surface area contributed by atoms with Crippen LogP contribution >= 0.6 is 0 Å². The number of aliphatic imine (C=N–C) groups is 1. The molecule has 0 aliphatic carbocycles. The van der Waals surface area contributed by atoms with E-state index in [4.69, 9.17) is 4.99 Å². The molecule has 5 rings (SSSR count). The average molecular weight is 527 g/mol. The fraction of sp³-hybridized carbons (Fsp3) is 0.147. The third-order valence-corrected chi connectivity index (χ3v) is 6.48. The minimum atomic E-state index is -1.26. The van der Waals surface area contributed by atoms with Crippen LogP contribution in [0.3, 0.4) is 0 Å². The maximum Gasteiger partial charge on any atom is 2.00 e.